The fraction of sp³-hybridized carbons (Fsp3) is 0.522. The number of nitrogens with one attached hydrogen (secondary N) is 1. The molecule has 2 saturated heterocycles. The number of furan rings is 1. The van der Waals surface area contributed by atoms with Crippen molar-refractivity contribution in [3.63, 3.8) is 0 Å². The van der Waals surface area contributed by atoms with E-state index in [4.69, 9.17) is 9.41 Å². The van der Waals surface area contributed by atoms with E-state index in [0.29, 0.717) is 0 Å². The van der Waals surface area contributed by atoms with Gasteiger partial charge in [0.2, 0.25) is 0 Å². The van der Waals surface area contributed by atoms with Gasteiger partial charge in [-0.25, -0.2) is 4.99 Å². The maximum Gasteiger partial charge on any atom is 0.194 e. The molecule has 1 aromatic carbocycles. The van der Waals surface area contributed by atoms with Crippen LogP contribution in [0.5, 0.6) is 0 Å². The first kappa shape index (κ1) is 22.2. The van der Waals surface area contributed by atoms with Crippen molar-refractivity contribution in [2.24, 2.45) is 10.9 Å². The Bertz CT molecular complexity index is 729. The second-order valence-electron chi connectivity index (χ2n) is 7.99. The zero-order valence-electron chi connectivity index (χ0n) is 17.1. The molecule has 1 atom stereocenters. The van der Waals surface area contributed by atoms with Gasteiger partial charge < -0.3 is 19.5 Å². The van der Waals surface area contributed by atoms with E-state index in [-0.39, 0.29) is 24.0 Å². The molecular weight excluding hydrogens is 475 g/mol. The summed E-state index contributed by atoms with van der Waals surface area (Å²) in [6, 6.07) is 14.5. The summed E-state index contributed by atoms with van der Waals surface area (Å²) in [5.74, 6) is 2.81. The van der Waals surface area contributed by atoms with Crippen molar-refractivity contribution in [2.75, 3.05) is 39.3 Å². The maximum atomic E-state index is 5.46. The Hall–Kier alpha value is -1.54. The Kier molecular flexibility index (Phi) is 8.86. The van der Waals surface area contributed by atoms with Gasteiger partial charge in [-0.15, -0.1) is 24.0 Å². The number of guanidine groups is 1. The second-order valence-corrected chi connectivity index (χ2v) is 7.99. The van der Waals surface area contributed by atoms with Crippen LogP contribution in [0.1, 0.15) is 30.6 Å². The average molecular weight is 508 g/mol. The van der Waals surface area contributed by atoms with Gasteiger partial charge in [0, 0.05) is 32.6 Å². The summed E-state index contributed by atoms with van der Waals surface area (Å²) in [5.41, 5.74) is 1.25. The van der Waals surface area contributed by atoms with E-state index in [1.54, 1.807) is 6.26 Å². The Morgan fingerprint density at radius 3 is 2.66 bits per heavy atom. The number of hydrogen-bond acceptors (Lipinski definition) is 3. The normalized spacial score (nSPS) is 20.1. The topological polar surface area (TPSA) is 44.0 Å². The van der Waals surface area contributed by atoms with Gasteiger partial charge in [0.15, 0.2) is 5.96 Å². The molecule has 0 radical (unpaired) electrons. The van der Waals surface area contributed by atoms with Crippen molar-refractivity contribution in [3.8, 4) is 0 Å². The number of hydrogen-bond donors (Lipinski definition) is 1. The van der Waals surface area contributed by atoms with Crippen molar-refractivity contribution in [1.82, 2.24) is 15.1 Å². The van der Waals surface area contributed by atoms with Gasteiger partial charge in [0.25, 0.3) is 0 Å². The first-order valence-electron chi connectivity index (χ1n) is 10.7. The molecule has 0 amide bonds. The Morgan fingerprint density at radius 1 is 1.07 bits per heavy atom. The molecule has 5 nitrogen and oxygen atoms in total. The molecule has 0 spiro atoms. The molecule has 6 heteroatoms. The fourth-order valence-electron chi connectivity index (χ4n) is 4.27. The van der Waals surface area contributed by atoms with Crippen LogP contribution in [0.25, 0.3) is 0 Å². The van der Waals surface area contributed by atoms with E-state index < -0.39 is 0 Å². The summed E-state index contributed by atoms with van der Waals surface area (Å²) in [7, 11) is 0. The van der Waals surface area contributed by atoms with Crippen LogP contribution in [0.2, 0.25) is 0 Å². The lowest BCUT2D eigenvalue weighted by Crippen LogP contribution is -2.41. The molecule has 1 aromatic heterocycles. The van der Waals surface area contributed by atoms with Gasteiger partial charge in [0.05, 0.1) is 12.8 Å². The fourth-order valence-corrected chi connectivity index (χ4v) is 4.27. The predicted octanol–water partition coefficient (Wildman–Crippen LogP) is 4.00. The first-order valence-corrected chi connectivity index (χ1v) is 10.7. The minimum atomic E-state index is 0. The third-order valence-corrected chi connectivity index (χ3v) is 5.79. The molecule has 4 rings (SSSR count). The lowest BCUT2D eigenvalue weighted by molar-refractivity contribution is 0.281. The number of halogens is 1. The summed E-state index contributed by atoms with van der Waals surface area (Å²) in [5, 5.41) is 3.59. The second kappa shape index (κ2) is 11.6. The highest BCUT2D eigenvalue weighted by atomic mass is 127. The number of likely N-dealkylation sites (tertiary alicyclic amines) is 2. The molecule has 0 saturated carbocycles. The molecular formula is C23H33IN4O. The molecule has 3 heterocycles. The van der Waals surface area contributed by atoms with Gasteiger partial charge >= 0.3 is 0 Å². The van der Waals surface area contributed by atoms with Crippen molar-refractivity contribution in [3.05, 3.63) is 60.1 Å². The molecule has 1 unspecified atom stereocenters. The van der Waals surface area contributed by atoms with Crippen molar-refractivity contribution in [2.45, 2.75) is 32.2 Å². The summed E-state index contributed by atoms with van der Waals surface area (Å²) in [4.78, 5) is 10.0. The smallest absolute Gasteiger partial charge is 0.194 e. The van der Waals surface area contributed by atoms with Gasteiger partial charge in [-0.1, -0.05) is 30.3 Å². The van der Waals surface area contributed by atoms with E-state index in [0.717, 1.165) is 50.2 Å². The summed E-state index contributed by atoms with van der Waals surface area (Å²) < 4.78 is 5.46. The number of benzene rings is 1. The SMILES string of the molecule is I.c1ccc(CN=C(NCCc2ccco2)N2CCC(CN3CCCC3)C2)cc1. The van der Waals surface area contributed by atoms with E-state index in [2.05, 4.69) is 45.4 Å². The largest absolute Gasteiger partial charge is 0.469 e. The third-order valence-electron chi connectivity index (χ3n) is 5.79. The monoisotopic (exact) mass is 508 g/mol. The minimum absolute atomic E-state index is 0. The summed E-state index contributed by atoms with van der Waals surface area (Å²) in [6.45, 7) is 7.58. The molecule has 0 aliphatic carbocycles. The quantitative estimate of drug-likeness (QED) is 0.349. The van der Waals surface area contributed by atoms with Gasteiger partial charge in [0.1, 0.15) is 5.76 Å². The summed E-state index contributed by atoms with van der Waals surface area (Å²) >= 11 is 0. The Balaban J connectivity index is 0.00000240. The van der Waals surface area contributed by atoms with Crippen LogP contribution in [-0.4, -0.2) is 55.0 Å². The first-order chi connectivity index (χ1) is 13.9. The number of nitrogens with zero attached hydrogens (tertiary/aromatic N) is 3. The lowest BCUT2D eigenvalue weighted by atomic mass is 10.1. The molecule has 1 N–H and O–H groups in total. The minimum Gasteiger partial charge on any atom is -0.469 e. The maximum absolute atomic E-state index is 5.46. The van der Waals surface area contributed by atoms with Gasteiger partial charge in [-0.3, -0.25) is 0 Å². The van der Waals surface area contributed by atoms with Crippen molar-refractivity contribution >= 4 is 29.9 Å². The van der Waals surface area contributed by atoms with E-state index in [1.165, 1.54) is 44.5 Å². The molecule has 2 fully saturated rings. The molecule has 2 aliphatic heterocycles. The highest BCUT2D eigenvalue weighted by Gasteiger charge is 2.27. The zero-order valence-corrected chi connectivity index (χ0v) is 19.5. The van der Waals surface area contributed by atoms with Gasteiger partial charge in [-0.05, 0) is 56.0 Å². The van der Waals surface area contributed by atoms with Crippen molar-refractivity contribution in [1.29, 1.82) is 0 Å². The van der Waals surface area contributed by atoms with E-state index >= 15 is 0 Å². The average Bonchev–Trinajstić information content (AvgIpc) is 3.49. The highest BCUT2D eigenvalue weighted by Crippen LogP contribution is 2.20. The predicted molar refractivity (Wildman–Crippen MR) is 129 cm³/mol. The van der Waals surface area contributed by atoms with Crippen molar-refractivity contribution < 1.29 is 4.42 Å². The molecule has 2 aliphatic rings. The standard InChI is InChI=1S/C23H32N4O.HI/c1-2-7-20(8-3-1)17-25-23(24-12-10-22-9-6-16-28-22)27-15-11-21(19-27)18-26-13-4-5-14-26;/h1-3,6-9,16,21H,4-5,10-15,17-19H2,(H,24,25);1H. The van der Waals surface area contributed by atoms with E-state index in [1.807, 2.05) is 12.1 Å². The molecule has 0 bridgehead atoms. The van der Waals surface area contributed by atoms with Crippen LogP contribution in [0.4, 0.5) is 0 Å². The van der Waals surface area contributed by atoms with Crippen LogP contribution in [-0.2, 0) is 13.0 Å². The molecule has 29 heavy (non-hydrogen) atoms. The zero-order chi connectivity index (χ0) is 19.0. The van der Waals surface area contributed by atoms with Crippen LogP contribution in [0, 0.1) is 5.92 Å². The van der Waals surface area contributed by atoms with Crippen LogP contribution < -0.4 is 5.32 Å². The number of aliphatic imine (C=N–C) groups is 1. The highest BCUT2D eigenvalue weighted by molar-refractivity contribution is 14.0. The third kappa shape index (κ3) is 6.74. The molecule has 158 valence electrons. The Labute approximate surface area is 191 Å². The molecule has 2 aromatic rings. The van der Waals surface area contributed by atoms with Crippen LogP contribution >= 0.6 is 24.0 Å². The van der Waals surface area contributed by atoms with Crippen LogP contribution in [0.15, 0.2) is 58.1 Å². The van der Waals surface area contributed by atoms with E-state index in [9.17, 15) is 0 Å². The summed E-state index contributed by atoms with van der Waals surface area (Å²) in [6.07, 6.45) is 6.62. The lowest BCUT2D eigenvalue weighted by Gasteiger charge is -2.23. The van der Waals surface area contributed by atoms with Gasteiger partial charge in [-0.2, -0.15) is 0 Å². The Morgan fingerprint density at radius 2 is 1.90 bits per heavy atom. The van der Waals surface area contributed by atoms with Crippen LogP contribution in [0.3, 0.4) is 0 Å². The number of rotatable bonds is 7.